The van der Waals surface area contributed by atoms with E-state index in [1.165, 1.54) is 18.2 Å². The summed E-state index contributed by atoms with van der Waals surface area (Å²) >= 11 is 0. The second kappa shape index (κ2) is 9.30. The molecule has 4 N–H and O–H groups in total. The zero-order chi connectivity index (χ0) is 26.5. The van der Waals surface area contributed by atoms with E-state index >= 15 is 0 Å². The molecule has 2 aromatic rings. The van der Waals surface area contributed by atoms with Gasteiger partial charge in [0.1, 0.15) is 11.6 Å². The molecule has 10 heteroatoms. The van der Waals surface area contributed by atoms with Gasteiger partial charge in [-0.05, 0) is 75.1 Å². The Morgan fingerprint density at radius 3 is 2.50 bits per heavy atom. The molecule has 1 amide bonds. The molecule has 9 nitrogen and oxygen atoms in total. The van der Waals surface area contributed by atoms with Crippen LogP contribution in [0.5, 0.6) is 0 Å². The Balaban J connectivity index is 1.75. The molecule has 3 unspecified atom stereocenters. The maximum Gasteiger partial charge on any atom is 0.281 e. The van der Waals surface area contributed by atoms with Gasteiger partial charge in [0.05, 0.1) is 11.7 Å². The van der Waals surface area contributed by atoms with Crippen LogP contribution in [0, 0.1) is 11.3 Å². The topological polar surface area (TPSA) is 139 Å². The third-order valence-electron chi connectivity index (χ3n) is 8.07. The van der Waals surface area contributed by atoms with Gasteiger partial charge in [-0.25, -0.2) is 14.7 Å². The fourth-order valence-electron chi connectivity index (χ4n) is 5.35. The average molecular weight is 516 g/mol. The lowest BCUT2D eigenvalue weighted by Gasteiger charge is -2.40. The van der Waals surface area contributed by atoms with Crippen molar-refractivity contribution >= 4 is 27.6 Å². The van der Waals surface area contributed by atoms with Crippen molar-refractivity contribution < 1.29 is 18.3 Å². The number of carbonyl (C=O) groups excluding carboxylic acids is 1. The summed E-state index contributed by atoms with van der Waals surface area (Å²) in [7, 11) is -4.24. The second-order valence-electron chi connectivity index (χ2n) is 11.5. The van der Waals surface area contributed by atoms with Crippen LogP contribution < -0.4 is 15.4 Å². The van der Waals surface area contributed by atoms with Gasteiger partial charge < -0.3 is 15.7 Å². The van der Waals surface area contributed by atoms with E-state index in [1.54, 1.807) is 12.1 Å². The predicted octanol–water partition coefficient (Wildman–Crippen LogP) is 3.46. The molecule has 1 saturated heterocycles. The lowest BCUT2D eigenvalue weighted by Crippen LogP contribution is -2.44. The van der Waals surface area contributed by atoms with Crippen molar-refractivity contribution in [3.8, 4) is 0 Å². The van der Waals surface area contributed by atoms with Gasteiger partial charge in [0.25, 0.3) is 15.9 Å². The van der Waals surface area contributed by atoms with Crippen LogP contribution in [-0.2, 0) is 10.0 Å². The first kappa shape index (κ1) is 26.3. The summed E-state index contributed by atoms with van der Waals surface area (Å²) in [5.74, 6) is -0.121. The van der Waals surface area contributed by atoms with E-state index < -0.39 is 22.0 Å². The molecular weight excluding hydrogens is 478 g/mol. The molecule has 1 aliphatic carbocycles. The lowest BCUT2D eigenvalue weighted by molar-refractivity contribution is 0.0549. The molecule has 0 bridgehead atoms. The first-order valence-corrected chi connectivity index (χ1v) is 14.0. The van der Waals surface area contributed by atoms with E-state index in [1.807, 2.05) is 0 Å². The smallest absolute Gasteiger partial charge is 0.281 e. The molecule has 3 atom stereocenters. The van der Waals surface area contributed by atoms with Crippen LogP contribution in [0.2, 0.25) is 0 Å². The number of aliphatic hydroxyl groups excluding tert-OH is 1. The lowest BCUT2D eigenvalue weighted by atomic mass is 9.70. The van der Waals surface area contributed by atoms with Crippen LogP contribution in [0.3, 0.4) is 0 Å². The van der Waals surface area contributed by atoms with E-state index in [9.17, 15) is 18.3 Å². The highest BCUT2D eigenvalue weighted by atomic mass is 32.2. The van der Waals surface area contributed by atoms with Gasteiger partial charge in [0.15, 0.2) is 5.03 Å². The summed E-state index contributed by atoms with van der Waals surface area (Å²) in [5.41, 5.74) is 6.30. The van der Waals surface area contributed by atoms with Gasteiger partial charge in [0.2, 0.25) is 0 Å². The van der Waals surface area contributed by atoms with Crippen molar-refractivity contribution in [3.63, 3.8) is 0 Å². The molecule has 2 aliphatic rings. The third-order valence-corrected chi connectivity index (χ3v) is 9.30. The van der Waals surface area contributed by atoms with Crippen molar-refractivity contribution in [2.75, 3.05) is 17.2 Å². The number of rotatable bonds is 5. The van der Waals surface area contributed by atoms with Crippen LogP contribution in [0.1, 0.15) is 82.3 Å². The second-order valence-corrected chi connectivity index (χ2v) is 13.1. The fourth-order valence-corrected chi connectivity index (χ4v) is 6.29. The molecule has 3 heterocycles. The molecular formula is C26H37N5O4S. The van der Waals surface area contributed by atoms with Crippen LogP contribution >= 0.6 is 0 Å². The van der Waals surface area contributed by atoms with E-state index in [2.05, 4.69) is 49.2 Å². The van der Waals surface area contributed by atoms with Gasteiger partial charge in [0, 0.05) is 23.7 Å². The molecule has 0 radical (unpaired) electrons. The Kier molecular flexibility index (Phi) is 6.81. The Morgan fingerprint density at radius 1 is 1.14 bits per heavy atom. The Hall–Kier alpha value is -2.72. The number of anilines is 2. The minimum atomic E-state index is -4.24. The first-order valence-electron chi connectivity index (χ1n) is 12.5. The van der Waals surface area contributed by atoms with Crippen LogP contribution in [0.15, 0.2) is 35.4 Å². The number of aromatic nitrogens is 2. The maximum absolute atomic E-state index is 13.4. The number of nitrogens with one attached hydrogen (secondary N) is 1. The number of pyridine rings is 2. The van der Waals surface area contributed by atoms with Gasteiger partial charge in [-0.1, -0.05) is 26.8 Å². The molecule has 1 saturated carbocycles. The zero-order valence-corrected chi connectivity index (χ0v) is 22.5. The fraction of sp³-hybridized carbons (Fsp3) is 0.577. The van der Waals surface area contributed by atoms with Crippen molar-refractivity contribution in [3.05, 3.63) is 41.6 Å². The van der Waals surface area contributed by atoms with Crippen molar-refractivity contribution in [1.29, 1.82) is 0 Å². The van der Waals surface area contributed by atoms with Crippen LogP contribution in [0.4, 0.5) is 11.6 Å². The maximum atomic E-state index is 13.4. The number of amides is 1. The third kappa shape index (κ3) is 5.06. The van der Waals surface area contributed by atoms with Crippen LogP contribution in [0.25, 0.3) is 0 Å². The van der Waals surface area contributed by atoms with Gasteiger partial charge in [-0.2, -0.15) is 8.42 Å². The molecule has 196 valence electrons. The summed E-state index contributed by atoms with van der Waals surface area (Å²) in [4.78, 5) is 24.2. The highest BCUT2D eigenvalue weighted by molar-refractivity contribution is 7.90. The number of aliphatic hydroxyl groups is 1. The summed E-state index contributed by atoms with van der Waals surface area (Å²) in [6.07, 6.45) is 2.81. The number of nitrogens with zero attached hydrogens (tertiary/aromatic N) is 3. The molecule has 2 aromatic heterocycles. The van der Waals surface area contributed by atoms with E-state index in [4.69, 9.17) is 10.7 Å². The molecule has 36 heavy (non-hydrogen) atoms. The zero-order valence-electron chi connectivity index (χ0n) is 21.7. The largest absolute Gasteiger partial charge is 0.392 e. The molecule has 2 fully saturated rings. The van der Waals surface area contributed by atoms with E-state index in [0.717, 1.165) is 25.0 Å². The molecule has 1 aliphatic heterocycles. The number of sulfonamides is 1. The van der Waals surface area contributed by atoms with Gasteiger partial charge in [-0.3, -0.25) is 4.79 Å². The Bertz CT molecular complexity index is 1260. The average Bonchev–Trinajstić information content (AvgIpc) is 3.06. The first-order chi connectivity index (χ1) is 16.7. The highest BCUT2D eigenvalue weighted by Crippen LogP contribution is 2.44. The molecule has 0 aromatic carbocycles. The van der Waals surface area contributed by atoms with Crippen molar-refractivity contribution in [1.82, 2.24) is 14.7 Å². The number of carbonyl (C=O) groups is 1. The summed E-state index contributed by atoms with van der Waals surface area (Å²) < 4.78 is 27.9. The summed E-state index contributed by atoms with van der Waals surface area (Å²) in [5, 5.41) is 10.5. The highest BCUT2D eigenvalue weighted by Gasteiger charge is 2.42. The minimum absolute atomic E-state index is 0.0406. The van der Waals surface area contributed by atoms with Crippen molar-refractivity contribution in [2.24, 2.45) is 11.3 Å². The standard InChI is InChI=1S/C26H37N5O4S/c1-16-12-14-31(26(16,4)5)23-17(24(33)30-36(34,35)22-8-6-7-21(27)29-22)9-10-19(28-23)18-15-25(2,3)13-11-20(18)32/h6-10,16,18,20,32H,11-15H2,1-5H3,(H2,27,29)(H,30,33). The van der Waals surface area contributed by atoms with Gasteiger partial charge in [-0.15, -0.1) is 0 Å². The van der Waals surface area contributed by atoms with Crippen LogP contribution in [-0.4, -0.2) is 47.6 Å². The molecule has 0 spiro atoms. The normalized spacial score (nSPS) is 25.5. The Morgan fingerprint density at radius 2 is 1.86 bits per heavy atom. The Labute approximate surface area is 213 Å². The summed E-state index contributed by atoms with van der Waals surface area (Å²) in [6.45, 7) is 11.4. The monoisotopic (exact) mass is 515 g/mol. The van der Waals surface area contributed by atoms with Crippen molar-refractivity contribution in [2.45, 2.75) is 82.9 Å². The number of nitrogen functional groups attached to an aromatic ring is 1. The van der Waals surface area contributed by atoms with E-state index in [-0.39, 0.29) is 33.3 Å². The number of hydrogen-bond donors (Lipinski definition) is 3. The quantitative estimate of drug-likeness (QED) is 0.550. The predicted molar refractivity (Wildman–Crippen MR) is 139 cm³/mol. The van der Waals surface area contributed by atoms with Gasteiger partial charge >= 0.3 is 0 Å². The minimum Gasteiger partial charge on any atom is -0.392 e. The number of hydrogen-bond acceptors (Lipinski definition) is 8. The summed E-state index contributed by atoms with van der Waals surface area (Å²) in [6, 6.07) is 7.59. The molecule has 4 rings (SSSR count). The SMILES string of the molecule is CC1CCN(c2nc(C3CC(C)(C)CCC3O)ccc2C(=O)NS(=O)(=O)c2cccc(N)n2)C1(C)C. The van der Waals surface area contributed by atoms with E-state index in [0.29, 0.717) is 24.7 Å². The number of nitrogens with two attached hydrogens (primary N) is 1.